The monoisotopic (exact) mass is 417 g/mol. The van der Waals surface area contributed by atoms with E-state index < -0.39 is 29.0 Å². The van der Waals surface area contributed by atoms with Crippen molar-refractivity contribution in [3.63, 3.8) is 0 Å². The SMILES string of the molecule is CCOC(=O)C1(NC(=O)c2nn(-c3ccc(F)c(F)c3)c3c2CCC3)CCCCC1. The van der Waals surface area contributed by atoms with Crippen LogP contribution in [0.3, 0.4) is 0 Å². The number of halogens is 2. The maximum Gasteiger partial charge on any atom is 0.331 e. The van der Waals surface area contributed by atoms with Gasteiger partial charge in [0.1, 0.15) is 5.54 Å². The number of amides is 1. The highest BCUT2D eigenvalue weighted by molar-refractivity contribution is 5.98. The molecular formula is C22H25F2N3O3. The summed E-state index contributed by atoms with van der Waals surface area (Å²) in [6.07, 6.45) is 5.96. The lowest BCUT2D eigenvalue weighted by Gasteiger charge is -2.35. The first-order chi connectivity index (χ1) is 14.4. The van der Waals surface area contributed by atoms with E-state index in [9.17, 15) is 18.4 Å². The van der Waals surface area contributed by atoms with Gasteiger partial charge in [-0.1, -0.05) is 19.3 Å². The molecule has 0 saturated heterocycles. The Bertz CT molecular complexity index is 980. The van der Waals surface area contributed by atoms with Gasteiger partial charge in [0.25, 0.3) is 5.91 Å². The average molecular weight is 417 g/mol. The van der Waals surface area contributed by atoms with E-state index in [4.69, 9.17) is 4.74 Å². The standard InChI is InChI=1S/C22H25F2N3O3/c1-2-30-21(29)22(11-4-3-5-12-22)25-20(28)19-15-7-6-8-18(15)27(26-19)14-9-10-16(23)17(24)13-14/h9-10,13H,2-8,11-12H2,1H3,(H,25,28). The Balaban J connectivity index is 1.67. The first-order valence-corrected chi connectivity index (χ1v) is 10.5. The van der Waals surface area contributed by atoms with E-state index in [1.165, 1.54) is 10.7 Å². The van der Waals surface area contributed by atoms with Crippen molar-refractivity contribution in [3.8, 4) is 5.69 Å². The van der Waals surface area contributed by atoms with Crippen LogP contribution in [-0.4, -0.2) is 33.8 Å². The number of hydrogen-bond acceptors (Lipinski definition) is 4. The minimum atomic E-state index is -1.04. The van der Waals surface area contributed by atoms with Crippen LogP contribution < -0.4 is 5.32 Å². The highest BCUT2D eigenvalue weighted by atomic mass is 19.2. The van der Waals surface area contributed by atoms with Gasteiger partial charge in [-0.15, -0.1) is 0 Å². The summed E-state index contributed by atoms with van der Waals surface area (Å²) < 4.78 is 33.9. The van der Waals surface area contributed by atoms with Crippen molar-refractivity contribution in [2.75, 3.05) is 6.61 Å². The lowest BCUT2D eigenvalue weighted by molar-refractivity contribution is -0.152. The van der Waals surface area contributed by atoms with E-state index in [-0.39, 0.29) is 12.3 Å². The van der Waals surface area contributed by atoms with Crippen LogP contribution in [0.25, 0.3) is 5.69 Å². The van der Waals surface area contributed by atoms with Crippen molar-refractivity contribution < 1.29 is 23.1 Å². The Kier molecular flexibility index (Phi) is 5.58. The van der Waals surface area contributed by atoms with Crippen LogP contribution in [-0.2, 0) is 22.4 Å². The van der Waals surface area contributed by atoms with E-state index in [1.54, 1.807) is 6.92 Å². The van der Waals surface area contributed by atoms with Crippen LogP contribution in [0.2, 0.25) is 0 Å². The summed E-state index contributed by atoms with van der Waals surface area (Å²) in [4.78, 5) is 25.9. The molecule has 2 aliphatic rings. The number of rotatable bonds is 5. The Hall–Kier alpha value is -2.77. The number of hydrogen-bond donors (Lipinski definition) is 1. The van der Waals surface area contributed by atoms with Crippen molar-refractivity contribution in [1.29, 1.82) is 0 Å². The van der Waals surface area contributed by atoms with Crippen LogP contribution >= 0.6 is 0 Å². The number of fused-ring (bicyclic) bond motifs is 1. The molecule has 0 atom stereocenters. The highest BCUT2D eigenvalue weighted by Gasteiger charge is 2.43. The van der Waals surface area contributed by atoms with Gasteiger partial charge >= 0.3 is 5.97 Å². The van der Waals surface area contributed by atoms with E-state index in [2.05, 4.69) is 10.4 Å². The third-order valence-electron chi connectivity index (χ3n) is 6.02. The number of esters is 1. The molecule has 0 spiro atoms. The van der Waals surface area contributed by atoms with Crippen molar-refractivity contribution >= 4 is 11.9 Å². The van der Waals surface area contributed by atoms with E-state index in [0.29, 0.717) is 31.4 Å². The molecule has 1 amide bonds. The van der Waals surface area contributed by atoms with E-state index in [0.717, 1.165) is 49.1 Å². The fraction of sp³-hybridized carbons (Fsp3) is 0.500. The second-order valence-corrected chi connectivity index (χ2v) is 7.95. The van der Waals surface area contributed by atoms with E-state index in [1.807, 2.05) is 0 Å². The number of nitrogens with one attached hydrogen (secondary N) is 1. The minimum absolute atomic E-state index is 0.237. The fourth-order valence-electron chi connectivity index (χ4n) is 4.53. The topological polar surface area (TPSA) is 73.2 Å². The predicted molar refractivity (Wildman–Crippen MR) is 105 cm³/mol. The predicted octanol–water partition coefficient (Wildman–Crippen LogP) is 3.64. The molecule has 1 saturated carbocycles. The van der Waals surface area contributed by atoms with Gasteiger partial charge in [-0.3, -0.25) is 4.79 Å². The second kappa shape index (κ2) is 8.16. The molecule has 2 aromatic rings. The average Bonchev–Trinajstić information content (AvgIpc) is 3.34. The van der Waals surface area contributed by atoms with Gasteiger partial charge in [0.15, 0.2) is 17.3 Å². The molecular weight excluding hydrogens is 392 g/mol. The third kappa shape index (κ3) is 3.59. The van der Waals surface area contributed by atoms with Crippen LogP contribution in [0.15, 0.2) is 18.2 Å². The molecule has 8 heteroatoms. The summed E-state index contributed by atoms with van der Waals surface area (Å²) in [6.45, 7) is 1.99. The van der Waals surface area contributed by atoms with Gasteiger partial charge in [-0.2, -0.15) is 5.10 Å². The number of carbonyl (C=O) groups is 2. The molecule has 30 heavy (non-hydrogen) atoms. The zero-order valence-corrected chi connectivity index (χ0v) is 17.0. The first kappa shape index (κ1) is 20.5. The molecule has 1 heterocycles. The van der Waals surface area contributed by atoms with Gasteiger partial charge in [0.05, 0.1) is 12.3 Å². The zero-order valence-electron chi connectivity index (χ0n) is 17.0. The molecule has 2 aliphatic carbocycles. The van der Waals surface area contributed by atoms with Crippen LogP contribution in [0.4, 0.5) is 8.78 Å². The van der Waals surface area contributed by atoms with Crippen molar-refractivity contribution in [2.24, 2.45) is 0 Å². The van der Waals surface area contributed by atoms with Gasteiger partial charge in [-0.25, -0.2) is 18.3 Å². The number of carbonyl (C=O) groups excluding carboxylic acids is 2. The Morgan fingerprint density at radius 1 is 1.13 bits per heavy atom. The van der Waals surface area contributed by atoms with Crippen molar-refractivity contribution in [2.45, 2.75) is 63.8 Å². The van der Waals surface area contributed by atoms with Gasteiger partial charge in [-0.05, 0) is 51.2 Å². The van der Waals surface area contributed by atoms with Crippen molar-refractivity contribution in [1.82, 2.24) is 15.1 Å². The molecule has 1 fully saturated rings. The maximum absolute atomic E-state index is 13.8. The summed E-state index contributed by atoms with van der Waals surface area (Å²) in [5, 5.41) is 7.36. The molecule has 1 N–H and O–H groups in total. The molecule has 0 radical (unpaired) electrons. The molecule has 160 valence electrons. The van der Waals surface area contributed by atoms with Gasteiger partial charge in [0.2, 0.25) is 0 Å². The van der Waals surface area contributed by atoms with Crippen molar-refractivity contribution in [3.05, 3.63) is 46.8 Å². The summed E-state index contributed by atoms with van der Waals surface area (Å²) in [5.41, 5.74) is 1.18. The van der Waals surface area contributed by atoms with Crippen LogP contribution in [0, 0.1) is 11.6 Å². The molecule has 0 aliphatic heterocycles. The quantitative estimate of drug-likeness (QED) is 0.754. The molecule has 1 aromatic heterocycles. The minimum Gasteiger partial charge on any atom is -0.464 e. The second-order valence-electron chi connectivity index (χ2n) is 7.95. The number of aromatic nitrogens is 2. The lowest BCUT2D eigenvalue weighted by Crippen LogP contribution is -2.56. The molecule has 0 unspecified atom stereocenters. The van der Waals surface area contributed by atoms with Gasteiger partial charge < -0.3 is 10.1 Å². The third-order valence-corrected chi connectivity index (χ3v) is 6.02. The normalized spacial score (nSPS) is 17.4. The zero-order chi connectivity index (χ0) is 21.3. The Morgan fingerprint density at radius 2 is 1.90 bits per heavy atom. The fourth-order valence-corrected chi connectivity index (χ4v) is 4.53. The summed E-state index contributed by atoms with van der Waals surface area (Å²) in [6, 6.07) is 3.56. The smallest absolute Gasteiger partial charge is 0.331 e. The Morgan fingerprint density at radius 3 is 2.60 bits per heavy atom. The first-order valence-electron chi connectivity index (χ1n) is 10.5. The number of nitrogens with zero attached hydrogens (tertiary/aromatic N) is 2. The van der Waals surface area contributed by atoms with Crippen LogP contribution in [0.5, 0.6) is 0 Å². The van der Waals surface area contributed by atoms with Crippen LogP contribution in [0.1, 0.15) is 67.2 Å². The largest absolute Gasteiger partial charge is 0.464 e. The molecule has 4 rings (SSSR count). The van der Waals surface area contributed by atoms with Gasteiger partial charge in [0, 0.05) is 17.3 Å². The van der Waals surface area contributed by atoms with E-state index >= 15 is 0 Å². The summed E-state index contributed by atoms with van der Waals surface area (Å²) in [7, 11) is 0. The summed E-state index contributed by atoms with van der Waals surface area (Å²) in [5.74, 6) is -2.74. The lowest BCUT2D eigenvalue weighted by atomic mass is 9.81. The molecule has 1 aromatic carbocycles. The number of benzene rings is 1. The molecule has 0 bridgehead atoms. The highest BCUT2D eigenvalue weighted by Crippen LogP contribution is 2.32. The molecule has 6 nitrogen and oxygen atoms in total. The number of ether oxygens (including phenoxy) is 1. The Labute approximate surface area is 173 Å². The maximum atomic E-state index is 13.8. The summed E-state index contributed by atoms with van der Waals surface area (Å²) >= 11 is 0.